The Hall–Kier alpha value is -1.88. The smallest absolute Gasteiger partial charge is 0.242 e. The molecule has 0 unspecified atom stereocenters. The van der Waals surface area contributed by atoms with Crippen LogP contribution in [0.5, 0.6) is 0 Å². The van der Waals surface area contributed by atoms with Crippen molar-refractivity contribution in [1.29, 1.82) is 0 Å². The van der Waals surface area contributed by atoms with Gasteiger partial charge in [-0.05, 0) is 37.8 Å². The molecule has 2 amide bonds. The quantitative estimate of drug-likeness (QED) is 0.858. The molecule has 5 heteroatoms. The summed E-state index contributed by atoms with van der Waals surface area (Å²) in [4.78, 5) is 26.3. The van der Waals surface area contributed by atoms with Gasteiger partial charge in [-0.2, -0.15) is 0 Å². The van der Waals surface area contributed by atoms with E-state index >= 15 is 0 Å². The van der Waals surface area contributed by atoms with Gasteiger partial charge in [0.1, 0.15) is 6.04 Å². The summed E-state index contributed by atoms with van der Waals surface area (Å²) >= 11 is 0. The van der Waals surface area contributed by atoms with Crippen LogP contribution in [0.4, 0.5) is 0 Å². The summed E-state index contributed by atoms with van der Waals surface area (Å²) in [6.45, 7) is 1.38. The number of piperidine rings is 1. The minimum atomic E-state index is -0.330. The average Bonchev–Trinajstić information content (AvgIpc) is 3.33. The number of nitrogens with two attached hydrogens (primary N) is 1. The molecule has 2 atom stereocenters. The maximum absolute atomic E-state index is 12.7. The van der Waals surface area contributed by atoms with Crippen molar-refractivity contribution in [3.63, 3.8) is 0 Å². The number of amides is 2. The van der Waals surface area contributed by atoms with Crippen LogP contribution in [0.15, 0.2) is 30.3 Å². The van der Waals surface area contributed by atoms with Gasteiger partial charge in [0.2, 0.25) is 11.8 Å². The zero-order valence-electron chi connectivity index (χ0n) is 12.7. The van der Waals surface area contributed by atoms with Crippen molar-refractivity contribution in [2.45, 2.75) is 37.8 Å². The van der Waals surface area contributed by atoms with Crippen LogP contribution in [0, 0.1) is 5.92 Å². The second-order valence-electron chi connectivity index (χ2n) is 6.33. The Kier molecular flexibility index (Phi) is 4.43. The summed E-state index contributed by atoms with van der Waals surface area (Å²) in [5, 5.41) is 3.10. The van der Waals surface area contributed by atoms with Crippen LogP contribution in [0.1, 0.15) is 37.3 Å². The SMILES string of the molecule is NC(=O)[C@H]1CCCN([C@H](C(=O)NC2CC2)c2ccccc2)C1. The van der Waals surface area contributed by atoms with E-state index in [1.54, 1.807) is 0 Å². The van der Waals surface area contributed by atoms with Crippen LogP contribution in [-0.4, -0.2) is 35.8 Å². The van der Waals surface area contributed by atoms with E-state index in [1.165, 1.54) is 0 Å². The van der Waals surface area contributed by atoms with Crippen LogP contribution in [0.2, 0.25) is 0 Å². The Balaban J connectivity index is 1.80. The first-order valence-electron chi connectivity index (χ1n) is 8.04. The largest absolute Gasteiger partial charge is 0.369 e. The molecule has 1 aliphatic heterocycles. The first-order valence-corrected chi connectivity index (χ1v) is 8.04. The fraction of sp³-hybridized carbons (Fsp3) is 0.529. The minimum absolute atomic E-state index is 0.0406. The third kappa shape index (κ3) is 3.47. The molecule has 1 aromatic rings. The second kappa shape index (κ2) is 6.48. The highest BCUT2D eigenvalue weighted by Gasteiger charge is 2.35. The van der Waals surface area contributed by atoms with Crippen LogP contribution < -0.4 is 11.1 Å². The lowest BCUT2D eigenvalue weighted by molar-refractivity contribution is -0.130. The van der Waals surface area contributed by atoms with Gasteiger partial charge in [-0.15, -0.1) is 0 Å². The van der Waals surface area contributed by atoms with Crippen LogP contribution >= 0.6 is 0 Å². The van der Waals surface area contributed by atoms with Crippen LogP contribution in [0.25, 0.3) is 0 Å². The third-order valence-corrected chi connectivity index (χ3v) is 4.51. The Morgan fingerprint density at radius 2 is 1.91 bits per heavy atom. The molecule has 2 aliphatic rings. The van der Waals surface area contributed by atoms with E-state index in [0.717, 1.165) is 37.8 Å². The molecule has 5 nitrogen and oxygen atoms in total. The molecule has 0 aromatic heterocycles. The molecule has 1 aromatic carbocycles. The molecule has 1 heterocycles. The summed E-state index contributed by atoms with van der Waals surface area (Å²) in [6.07, 6.45) is 3.85. The summed E-state index contributed by atoms with van der Waals surface area (Å²) in [6, 6.07) is 9.79. The van der Waals surface area contributed by atoms with Gasteiger partial charge in [-0.1, -0.05) is 30.3 Å². The van der Waals surface area contributed by atoms with Gasteiger partial charge in [-0.25, -0.2) is 0 Å². The van der Waals surface area contributed by atoms with E-state index in [2.05, 4.69) is 10.2 Å². The lowest BCUT2D eigenvalue weighted by Gasteiger charge is -2.36. The summed E-state index contributed by atoms with van der Waals surface area (Å²) in [7, 11) is 0. The normalized spacial score (nSPS) is 23.7. The van der Waals surface area contributed by atoms with E-state index < -0.39 is 0 Å². The number of nitrogens with one attached hydrogen (secondary N) is 1. The van der Waals surface area contributed by atoms with Crippen molar-refractivity contribution < 1.29 is 9.59 Å². The number of likely N-dealkylation sites (tertiary alicyclic amines) is 1. The molecule has 0 spiro atoms. The fourth-order valence-electron chi connectivity index (χ4n) is 3.14. The molecule has 1 saturated carbocycles. The Morgan fingerprint density at radius 3 is 2.55 bits per heavy atom. The highest BCUT2D eigenvalue weighted by Crippen LogP contribution is 2.29. The lowest BCUT2D eigenvalue weighted by Crippen LogP contribution is -2.47. The first kappa shape index (κ1) is 15.0. The predicted octanol–water partition coefficient (Wildman–Crippen LogP) is 1.20. The standard InChI is InChI=1S/C17H23N3O2/c18-16(21)13-7-4-10-20(11-13)15(12-5-2-1-3-6-12)17(22)19-14-8-9-14/h1-3,5-6,13-15H,4,7-11H2,(H2,18,21)(H,19,22)/t13-,15-/m0/s1. The zero-order chi connectivity index (χ0) is 15.5. The summed E-state index contributed by atoms with van der Waals surface area (Å²) < 4.78 is 0. The van der Waals surface area contributed by atoms with Crippen molar-refractivity contribution >= 4 is 11.8 Å². The lowest BCUT2D eigenvalue weighted by atomic mass is 9.94. The van der Waals surface area contributed by atoms with Crippen molar-refractivity contribution in [1.82, 2.24) is 10.2 Å². The molecule has 1 aliphatic carbocycles. The molecule has 0 radical (unpaired) electrons. The molecule has 3 N–H and O–H groups in total. The third-order valence-electron chi connectivity index (χ3n) is 4.51. The van der Waals surface area contributed by atoms with Crippen molar-refractivity contribution in [3.8, 4) is 0 Å². The highest BCUT2D eigenvalue weighted by molar-refractivity contribution is 5.84. The number of hydrogen-bond acceptors (Lipinski definition) is 3. The number of nitrogens with zero attached hydrogens (tertiary/aromatic N) is 1. The molecule has 3 rings (SSSR count). The first-order chi connectivity index (χ1) is 10.6. The number of carbonyl (C=O) groups is 2. The van der Waals surface area contributed by atoms with Crippen LogP contribution in [-0.2, 0) is 9.59 Å². The van der Waals surface area contributed by atoms with Crippen molar-refractivity contribution in [2.75, 3.05) is 13.1 Å². The van der Waals surface area contributed by atoms with Crippen molar-refractivity contribution in [2.24, 2.45) is 11.7 Å². The summed E-state index contributed by atoms with van der Waals surface area (Å²) in [5.74, 6) is -0.383. The van der Waals surface area contributed by atoms with E-state index in [0.29, 0.717) is 12.6 Å². The fourth-order valence-corrected chi connectivity index (χ4v) is 3.14. The van der Waals surface area contributed by atoms with Crippen molar-refractivity contribution in [3.05, 3.63) is 35.9 Å². The Morgan fingerprint density at radius 1 is 1.18 bits per heavy atom. The molecule has 2 fully saturated rings. The van der Waals surface area contributed by atoms with Gasteiger partial charge in [0.25, 0.3) is 0 Å². The molecular weight excluding hydrogens is 278 g/mol. The molecule has 22 heavy (non-hydrogen) atoms. The van der Waals surface area contributed by atoms with Gasteiger partial charge in [0.05, 0.1) is 5.92 Å². The van der Waals surface area contributed by atoms with Gasteiger partial charge in [0.15, 0.2) is 0 Å². The van der Waals surface area contributed by atoms with E-state index in [9.17, 15) is 9.59 Å². The van der Waals surface area contributed by atoms with E-state index in [4.69, 9.17) is 5.73 Å². The van der Waals surface area contributed by atoms with Crippen LogP contribution in [0.3, 0.4) is 0 Å². The second-order valence-corrected chi connectivity index (χ2v) is 6.33. The number of carbonyl (C=O) groups excluding carboxylic acids is 2. The molecule has 118 valence electrons. The number of rotatable bonds is 5. The van der Waals surface area contributed by atoms with Gasteiger partial charge in [-0.3, -0.25) is 14.5 Å². The Labute approximate surface area is 130 Å². The highest BCUT2D eigenvalue weighted by atomic mass is 16.2. The molecule has 0 bridgehead atoms. The predicted molar refractivity (Wildman–Crippen MR) is 83.8 cm³/mol. The number of benzene rings is 1. The molecular formula is C17H23N3O2. The number of hydrogen-bond donors (Lipinski definition) is 2. The average molecular weight is 301 g/mol. The molecule has 1 saturated heterocycles. The monoisotopic (exact) mass is 301 g/mol. The van der Waals surface area contributed by atoms with Gasteiger partial charge >= 0.3 is 0 Å². The summed E-state index contributed by atoms with van der Waals surface area (Å²) in [5.41, 5.74) is 6.45. The van der Waals surface area contributed by atoms with Gasteiger partial charge in [0, 0.05) is 12.6 Å². The Bertz CT molecular complexity index is 542. The zero-order valence-corrected chi connectivity index (χ0v) is 12.7. The van der Waals surface area contributed by atoms with Gasteiger partial charge < -0.3 is 11.1 Å². The van der Waals surface area contributed by atoms with E-state index in [-0.39, 0.29) is 23.8 Å². The van der Waals surface area contributed by atoms with E-state index in [1.807, 2.05) is 30.3 Å². The minimum Gasteiger partial charge on any atom is -0.369 e. The topological polar surface area (TPSA) is 75.4 Å². The maximum atomic E-state index is 12.7. The maximum Gasteiger partial charge on any atom is 0.242 e. The number of primary amides is 1.